The molecule has 0 aromatic heterocycles. The Hall–Kier alpha value is -0.260. The first kappa shape index (κ1) is 11.8. The fraction of sp³-hybridized carbons (Fsp3) is 0.857. The number of hydrogen-bond acceptors (Lipinski definition) is 0. The van der Waals surface area contributed by atoms with Gasteiger partial charge in [0, 0.05) is 0 Å². The molecule has 1 unspecified atom stereocenters. The molecule has 0 aromatic carbocycles. The topological polar surface area (TPSA) is 0 Å². The summed E-state index contributed by atoms with van der Waals surface area (Å²) >= 11 is 0. The maximum atomic E-state index is 2.36. The van der Waals surface area contributed by atoms with Crippen LogP contribution in [-0.4, -0.2) is 0 Å². The Kier molecular flexibility index (Phi) is 5.98. The summed E-state index contributed by atoms with van der Waals surface area (Å²) < 4.78 is 0. The van der Waals surface area contributed by atoms with Crippen molar-refractivity contribution in [3.8, 4) is 0 Å². The van der Waals surface area contributed by atoms with Crippen LogP contribution in [0.25, 0.3) is 0 Å². The van der Waals surface area contributed by atoms with Crippen LogP contribution in [0.4, 0.5) is 0 Å². The van der Waals surface area contributed by atoms with Crippen LogP contribution < -0.4 is 0 Å². The standard InChI is InChI=1S/C8H14.C6H12/c1-7-4-3-5-8(2)6-7;1-2-4-6-5-3-1/h4,8H,3,5-6H2,1-2H3;1-6H2. The lowest BCUT2D eigenvalue weighted by Gasteiger charge is -2.15. The normalized spacial score (nSPS) is 27.3. The fourth-order valence-corrected chi connectivity index (χ4v) is 2.41. The largest absolute Gasteiger partial charge is 0.0856 e. The van der Waals surface area contributed by atoms with Gasteiger partial charge < -0.3 is 0 Å². The molecule has 2 aliphatic rings. The van der Waals surface area contributed by atoms with Gasteiger partial charge in [0.2, 0.25) is 0 Å². The van der Waals surface area contributed by atoms with Crippen molar-refractivity contribution in [3.05, 3.63) is 11.6 Å². The van der Waals surface area contributed by atoms with Crippen LogP contribution in [0.1, 0.15) is 71.6 Å². The van der Waals surface area contributed by atoms with E-state index in [9.17, 15) is 0 Å². The van der Waals surface area contributed by atoms with E-state index in [4.69, 9.17) is 0 Å². The molecule has 0 radical (unpaired) electrons. The first-order chi connectivity index (χ1) is 6.79. The second-order valence-corrected chi connectivity index (χ2v) is 5.06. The molecule has 0 spiro atoms. The molecular formula is C14H26. The highest BCUT2D eigenvalue weighted by atomic mass is 14.1. The van der Waals surface area contributed by atoms with Crippen molar-refractivity contribution in [2.75, 3.05) is 0 Å². The van der Waals surface area contributed by atoms with E-state index in [1.807, 2.05) is 0 Å². The Morgan fingerprint density at radius 3 is 1.79 bits per heavy atom. The smallest absolute Gasteiger partial charge is 0.0297 e. The van der Waals surface area contributed by atoms with E-state index in [0.717, 1.165) is 5.92 Å². The van der Waals surface area contributed by atoms with Crippen LogP contribution in [0.3, 0.4) is 0 Å². The van der Waals surface area contributed by atoms with Crippen LogP contribution in [0.2, 0.25) is 0 Å². The molecule has 0 heteroatoms. The third-order valence-electron chi connectivity index (χ3n) is 3.32. The van der Waals surface area contributed by atoms with Gasteiger partial charge in [0.15, 0.2) is 0 Å². The van der Waals surface area contributed by atoms with Crippen molar-refractivity contribution in [3.63, 3.8) is 0 Å². The number of allylic oxidation sites excluding steroid dienone is 2. The Balaban J connectivity index is 0.000000146. The van der Waals surface area contributed by atoms with E-state index in [0.29, 0.717) is 0 Å². The lowest BCUT2D eigenvalue weighted by molar-refractivity contribution is 0.504. The minimum Gasteiger partial charge on any atom is -0.0856 e. The molecule has 0 saturated heterocycles. The van der Waals surface area contributed by atoms with Crippen molar-refractivity contribution in [2.45, 2.75) is 71.6 Å². The van der Waals surface area contributed by atoms with Gasteiger partial charge >= 0.3 is 0 Å². The molecule has 1 atom stereocenters. The average molecular weight is 194 g/mol. The highest BCUT2D eigenvalue weighted by Gasteiger charge is 2.05. The molecule has 0 nitrogen and oxygen atoms in total. The summed E-state index contributed by atoms with van der Waals surface area (Å²) in [6.07, 6.45) is 15.4. The summed E-state index contributed by atoms with van der Waals surface area (Å²) in [6.45, 7) is 4.56. The number of hydrogen-bond donors (Lipinski definition) is 0. The highest BCUT2D eigenvalue weighted by molar-refractivity contribution is 5.02. The Bertz CT molecular complexity index is 151. The molecule has 0 aliphatic heterocycles. The summed E-state index contributed by atoms with van der Waals surface area (Å²) in [7, 11) is 0. The van der Waals surface area contributed by atoms with E-state index in [-0.39, 0.29) is 0 Å². The van der Waals surface area contributed by atoms with Gasteiger partial charge in [-0.3, -0.25) is 0 Å². The quantitative estimate of drug-likeness (QED) is 0.471. The van der Waals surface area contributed by atoms with E-state index in [1.54, 1.807) is 5.57 Å². The van der Waals surface area contributed by atoms with Gasteiger partial charge in [-0.05, 0) is 32.1 Å². The lowest BCUT2D eigenvalue weighted by atomic mass is 9.91. The SMILES string of the molecule is C1CCCCC1.CC1=CCCC(C)C1. The van der Waals surface area contributed by atoms with Crippen molar-refractivity contribution in [1.29, 1.82) is 0 Å². The second-order valence-electron chi connectivity index (χ2n) is 5.06. The predicted molar refractivity (Wildman–Crippen MR) is 64.5 cm³/mol. The van der Waals surface area contributed by atoms with Crippen LogP contribution in [0, 0.1) is 5.92 Å². The van der Waals surface area contributed by atoms with Crippen molar-refractivity contribution < 1.29 is 0 Å². The van der Waals surface area contributed by atoms with Crippen LogP contribution in [0.15, 0.2) is 11.6 Å². The van der Waals surface area contributed by atoms with Crippen LogP contribution in [-0.2, 0) is 0 Å². The van der Waals surface area contributed by atoms with Gasteiger partial charge in [-0.2, -0.15) is 0 Å². The molecule has 1 fully saturated rings. The fourth-order valence-electron chi connectivity index (χ4n) is 2.41. The zero-order chi connectivity index (χ0) is 10.2. The van der Waals surface area contributed by atoms with Crippen LogP contribution >= 0.6 is 0 Å². The van der Waals surface area contributed by atoms with Gasteiger partial charge in [-0.1, -0.05) is 57.1 Å². The van der Waals surface area contributed by atoms with E-state index in [2.05, 4.69) is 19.9 Å². The minimum atomic E-state index is 0.944. The lowest BCUT2D eigenvalue weighted by Crippen LogP contribution is -1.99. The molecular weight excluding hydrogens is 168 g/mol. The van der Waals surface area contributed by atoms with Crippen molar-refractivity contribution in [1.82, 2.24) is 0 Å². The van der Waals surface area contributed by atoms with Gasteiger partial charge in [-0.25, -0.2) is 0 Å². The van der Waals surface area contributed by atoms with Gasteiger partial charge in [0.25, 0.3) is 0 Å². The Morgan fingerprint density at radius 2 is 1.50 bits per heavy atom. The maximum Gasteiger partial charge on any atom is -0.0297 e. The summed E-state index contributed by atoms with van der Waals surface area (Å²) in [5.74, 6) is 0.944. The molecule has 1 saturated carbocycles. The zero-order valence-corrected chi connectivity index (χ0v) is 10.0. The van der Waals surface area contributed by atoms with E-state index < -0.39 is 0 Å². The Labute approximate surface area is 89.8 Å². The zero-order valence-electron chi connectivity index (χ0n) is 10.0. The first-order valence-electron chi connectivity index (χ1n) is 6.44. The highest BCUT2D eigenvalue weighted by Crippen LogP contribution is 2.22. The monoisotopic (exact) mass is 194 g/mol. The minimum absolute atomic E-state index is 0.944. The van der Waals surface area contributed by atoms with Crippen LogP contribution in [0.5, 0.6) is 0 Å². The molecule has 82 valence electrons. The number of rotatable bonds is 0. The predicted octanol–water partition coefficient (Wildman–Crippen LogP) is 5.09. The first-order valence-corrected chi connectivity index (χ1v) is 6.44. The second kappa shape index (κ2) is 7.09. The molecule has 0 amide bonds. The Morgan fingerprint density at radius 1 is 1.00 bits per heavy atom. The average Bonchev–Trinajstić information content (AvgIpc) is 2.21. The van der Waals surface area contributed by atoms with E-state index in [1.165, 1.54) is 57.8 Å². The van der Waals surface area contributed by atoms with Crippen molar-refractivity contribution in [2.24, 2.45) is 5.92 Å². The summed E-state index contributed by atoms with van der Waals surface area (Å²) in [6, 6.07) is 0. The summed E-state index contributed by atoms with van der Waals surface area (Å²) in [5, 5.41) is 0. The van der Waals surface area contributed by atoms with Gasteiger partial charge in [0.05, 0.1) is 0 Å². The van der Waals surface area contributed by atoms with Gasteiger partial charge in [-0.15, -0.1) is 0 Å². The third kappa shape index (κ3) is 5.47. The molecule has 0 bridgehead atoms. The van der Waals surface area contributed by atoms with Gasteiger partial charge in [0.1, 0.15) is 0 Å². The summed E-state index contributed by atoms with van der Waals surface area (Å²) in [5.41, 5.74) is 1.59. The third-order valence-corrected chi connectivity index (χ3v) is 3.32. The molecule has 14 heavy (non-hydrogen) atoms. The van der Waals surface area contributed by atoms with E-state index >= 15 is 0 Å². The molecule has 0 heterocycles. The molecule has 2 aliphatic carbocycles. The van der Waals surface area contributed by atoms with Crippen molar-refractivity contribution >= 4 is 0 Å². The molecule has 2 rings (SSSR count). The molecule has 0 aromatic rings. The molecule has 0 N–H and O–H groups in total. The maximum absolute atomic E-state index is 2.36. The summed E-state index contributed by atoms with van der Waals surface area (Å²) in [4.78, 5) is 0.